The lowest BCUT2D eigenvalue weighted by Crippen LogP contribution is -2.60. The van der Waals surface area contributed by atoms with Crippen LogP contribution in [0.1, 0.15) is 6.92 Å². The number of hydrogen-bond acceptors (Lipinski definition) is 8. The summed E-state index contributed by atoms with van der Waals surface area (Å²) in [6, 6.07) is -1.02. The van der Waals surface area contributed by atoms with Crippen LogP contribution in [-0.4, -0.2) is 76.6 Å². The number of aliphatic hydroxyl groups is 2. The van der Waals surface area contributed by atoms with Crippen molar-refractivity contribution in [3.63, 3.8) is 0 Å². The number of thioether (sulfide) groups is 1. The van der Waals surface area contributed by atoms with E-state index in [-0.39, 0.29) is 11.7 Å². The fraction of sp³-hybridized carbons (Fsp3) is 0.833. The van der Waals surface area contributed by atoms with Crippen LogP contribution in [0.2, 0.25) is 0 Å². The first kappa shape index (κ1) is 19.2. The van der Waals surface area contributed by atoms with Gasteiger partial charge in [0, 0.05) is 6.54 Å². The van der Waals surface area contributed by atoms with Gasteiger partial charge >= 0.3 is 12.1 Å². The lowest BCUT2D eigenvalue weighted by molar-refractivity contribution is -0.235. The average Bonchev–Trinajstić information content (AvgIpc) is 2.89. The zero-order valence-corrected chi connectivity index (χ0v) is 13.2. The second kappa shape index (κ2) is 7.42. The Bertz CT molecular complexity index is 504. The minimum Gasteiger partial charge on any atom is -0.450 e. The highest BCUT2D eigenvalue weighted by molar-refractivity contribution is 8.14. The van der Waals surface area contributed by atoms with E-state index in [0.717, 1.165) is 11.8 Å². The number of amidine groups is 1. The maximum absolute atomic E-state index is 12.4. The zero-order chi connectivity index (χ0) is 18.1. The SMILES string of the molecule is C[C@H](O)[C@H]1O[C@@H]2SC(NCCF)=N[C@@H]2[C@@H](O)[C@@H]1OC(=O)C(F)(F)F. The van der Waals surface area contributed by atoms with Crippen molar-refractivity contribution in [2.75, 3.05) is 13.2 Å². The van der Waals surface area contributed by atoms with Gasteiger partial charge < -0.3 is 25.0 Å². The largest absolute Gasteiger partial charge is 0.490 e. The first-order valence-corrected chi connectivity index (χ1v) is 7.86. The van der Waals surface area contributed by atoms with Crippen molar-refractivity contribution in [1.29, 1.82) is 0 Å². The minimum absolute atomic E-state index is 0.0340. The Balaban J connectivity index is 2.16. The summed E-state index contributed by atoms with van der Waals surface area (Å²) in [7, 11) is 0. The van der Waals surface area contributed by atoms with E-state index >= 15 is 0 Å². The molecule has 6 atom stereocenters. The predicted octanol–water partition coefficient (Wildman–Crippen LogP) is -0.0424. The molecule has 0 unspecified atom stereocenters. The average molecular weight is 376 g/mol. The Morgan fingerprint density at radius 2 is 2.21 bits per heavy atom. The molecule has 0 saturated carbocycles. The van der Waals surface area contributed by atoms with Gasteiger partial charge in [0.25, 0.3) is 0 Å². The van der Waals surface area contributed by atoms with E-state index in [1.165, 1.54) is 6.92 Å². The summed E-state index contributed by atoms with van der Waals surface area (Å²) in [6.45, 7) is 0.531. The van der Waals surface area contributed by atoms with Crippen molar-refractivity contribution in [3.8, 4) is 0 Å². The predicted molar refractivity (Wildman–Crippen MR) is 75.1 cm³/mol. The molecule has 1 saturated heterocycles. The van der Waals surface area contributed by atoms with Crippen LogP contribution in [0.5, 0.6) is 0 Å². The van der Waals surface area contributed by atoms with Crippen molar-refractivity contribution in [1.82, 2.24) is 5.32 Å². The number of esters is 1. The number of ether oxygens (including phenoxy) is 2. The molecule has 0 spiro atoms. The van der Waals surface area contributed by atoms with Gasteiger partial charge in [-0.25, -0.2) is 9.18 Å². The highest BCUT2D eigenvalue weighted by Crippen LogP contribution is 2.38. The third-order valence-electron chi connectivity index (χ3n) is 3.40. The first-order chi connectivity index (χ1) is 11.1. The molecule has 0 aliphatic carbocycles. The lowest BCUT2D eigenvalue weighted by Gasteiger charge is -2.41. The van der Waals surface area contributed by atoms with E-state index in [2.05, 4.69) is 15.0 Å². The summed E-state index contributed by atoms with van der Waals surface area (Å²) in [5.41, 5.74) is -0.803. The normalized spacial score (nSPS) is 34.3. The Kier molecular flexibility index (Phi) is 5.94. The van der Waals surface area contributed by atoms with Crippen molar-refractivity contribution < 1.29 is 42.0 Å². The zero-order valence-electron chi connectivity index (χ0n) is 12.4. The molecule has 0 aromatic carbocycles. The Morgan fingerprint density at radius 1 is 1.54 bits per heavy atom. The fourth-order valence-electron chi connectivity index (χ4n) is 2.33. The number of aliphatic imine (C=N–C) groups is 1. The molecular formula is C12H16F4N2O5S. The van der Waals surface area contributed by atoms with Crippen LogP contribution in [0.4, 0.5) is 17.6 Å². The third-order valence-corrected chi connectivity index (χ3v) is 4.49. The number of nitrogens with zero attached hydrogens (tertiary/aromatic N) is 1. The van der Waals surface area contributed by atoms with Crippen LogP contribution in [-0.2, 0) is 14.3 Å². The quantitative estimate of drug-likeness (QED) is 0.468. The number of carbonyl (C=O) groups excluding carboxylic acids is 1. The van der Waals surface area contributed by atoms with E-state index in [0.29, 0.717) is 0 Å². The second-order valence-electron chi connectivity index (χ2n) is 5.23. The van der Waals surface area contributed by atoms with Gasteiger partial charge in [0.1, 0.15) is 30.4 Å². The Morgan fingerprint density at radius 3 is 2.75 bits per heavy atom. The molecule has 0 aromatic heterocycles. The molecule has 24 heavy (non-hydrogen) atoms. The maximum Gasteiger partial charge on any atom is 0.490 e. The number of hydrogen-bond donors (Lipinski definition) is 3. The first-order valence-electron chi connectivity index (χ1n) is 6.99. The van der Waals surface area contributed by atoms with Crippen LogP contribution in [0.15, 0.2) is 4.99 Å². The van der Waals surface area contributed by atoms with E-state index in [9.17, 15) is 32.6 Å². The van der Waals surface area contributed by atoms with Crippen LogP contribution in [0.3, 0.4) is 0 Å². The van der Waals surface area contributed by atoms with Gasteiger partial charge in [-0.05, 0) is 6.92 Å². The standard InChI is InChI=1S/C12H16F4N2O5S/c1-4(19)7-8(23-10(21)12(14,15)16)6(20)5-9(22-7)24-11(18-5)17-3-2-13/h4-9,19-20H,2-3H2,1H3,(H,17,18)/t4-,5+,6+,7+,8-,9+/m0/s1. The number of carbonyl (C=O) groups is 1. The van der Waals surface area contributed by atoms with Gasteiger partial charge in [0.05, 0.1) is 6.10 Å². The van der Waals surface area contributed by atoms with Crippen LogP contribution in [0.25, 0.3) is 0 Å². The van der Waals surface area contributed by atoms with Gasteiger partial charge in [0.15, 0.2) is 11.3 Å². The molecule has 0 bridgehead atoms. The number of halogens is 4. The molecule has 2 heterocycles. The van der Waals surface area contributed by atoms with Crippen LogP contribution >= 0.6 is 11.8 Å². The fourth-order valence-corrected chi connectivity index (χ4v) is 3.46. The number of alkyl halides is 4. The van der Waals surface area contributed by atoms with Crippen molar-refractivity contribution in [2.24, 2.45) is 4.99 Å². The van der Waals surface area contributed by atoms with Gasteiger partial charge in [-0.1, -0.05) is 11.8 Å². The number of aliphatic hydroxyl groups excluding tert-OH is 2. The molecule has 138 valence electrons. The Hall–Kier alpha value is -1.11. The van der Waals surface area contributed by atoms with Crippen molar-refractivity contribution in [2.45, 2.75) is 49.0 Å². The summed E-state index contributed by atoms with van der Waals surface area (Å²) in [4.78, 5) is 15.1. The molecule has 7 nitrogen and oxygen atoms in total. The molecule has 12 heteroatoms. The number of fused-ring (bicyclic) bond motifs is 1. The molecule has 0 amide bonds. The van der Waals surface area contributed by atoms with E-state index in [1.807, 2.05) is 0 Å². The molecule has 3 N–H and O–H groups in total. The van der Waals surface area contributed by atoms with Gasteiger partial charge in [-0.2, -0.15) is 13.2 Å². The summed E-state index contributed by atoms with van der Waals surface area (Å²) < 4.78 is 59.1. The molecule has 0 aromatic rings. The second-order valence-corrected chi connectivity index (χ2v) is 6.31. The van der Waals surface area contributed by atoms with Crippen molar-refractivity contribution in [3.05, 3.63) is 0 Å². The topological polar surface area (TPSA) is 100 Å². The van der Waals surface area contributed by atoms with E-state index in [1.54, 1.807) is 0 Å². The lowest BCUT2D eigenvalue weighted by atomic mass is 9.95. The van der Waals surface area contributed by atoms with Crippen LogP contribution in [0, 0.1) is 0 Å². The molecule has 0 radical (unpaired) electrons. The van der Waals surface area contributed by atoms with E-state index < -0.39 is 54.7 Å². The smallest absolute Gasteiger partial charge is 0.450 e. The van der Waals surface area contributed by atoms with Gasteiger partial charge in [0.2, 0.25) is 0 Å². The molecule has 2 aliphatic rings. The van der Waals surface area contributed by atoms with E-state index in [4.69, 9.17) is 4.74 Å². The maximum atomic E-state index is 12.4. The van der Waals surface area contributed by atoms with Crippen molar-refractivity contribution >= 4 is 22.9 Å². The molecule has 2 rings (SSSR count). The highest BCUT2D eigenvalue weighted by atomic mass is 32.2. The van der Waals surface area contributed by atoms with Gasteiger partial charge in [-0.15, -0.1) is 0 Å². The monoisotopic (exact) mass is 376 g/mol. The Labute approximate surface area is 138 Å². The summed E-state index contributed by atoms with van der Waals surface area (Å²) >= 11 is 1.00. The molecule has 1 fully saturated rings. The highest BCUT2D eigenvalue weighted by Gasteiger charge is 2.54. The summed E-state index contributed by atoms with van der Waals surface area (Å²) in [5.74, 6) is -2.50. The molecular weight excluding hydrogens is 360 g/mol. The van der Waals surface area contributed by atoms with Crippen LogP contribution < -0.4 is 5.32 Å². The summed E-state index contributed by atoms with van der Waals surface area (Å²) in [5, 5.41) is 22.8. The number of nitrogens with one attached hydrogen (secondary N) is 1. The minimum atomic E-state index is -5.25. The third kappa shape index (κ3) is 4.10. The molecule has 2 aliphatic heterocycles. The number of rotatable bonds is 4. The summed E-state index contributed by atoms with van der Waals surface area (Å²) in [6.07, 6.45) is -11.3. The van der Waals surface area contributed by atoms with Gasteiger partial charge in [-0.3, -0.25) is 4.99 Å².